The largest absolute Gasteiger partial charge is 0.508 e. The fourth-order valence-corrected chi connectivity index (χ4v) is 1.90. The Balaban J connectivity index is 2.91. The number of carboxylic acid groups (broad SMARTS) is 1. The SMILES string of the molecule is COc1ccc(O)c(CN(CCC(=O)O)C(C)(C)C)c1. The van der Waals surface area contributed by atoms with Gasteiger partial charge in [-0.3, -0.25) is 9.69 Å². The maximum absolute atomic E-state index is 10.8. The Hall–Kier alpha value is -1.75. The van der Waals surface area contributed by atoms with Crippen molar-refractivity contribution < 1.29 is 19.7 Å². The van der Waals surface area contributed by atoms with E-state index in [2.05, 4.69) is 0 Å². The Kier molecular flexibility index (Phi) is 5.39. The predicted octanol–water partition coefficient (Wildman–Crippen LogP) is 2.48. The zero-order chi connectivity index (χ0) is 15.3. The number of hydrogen-bond donors (Lipinski definition) is 2. The summed E-state index contributed by atoms with van der Waals surface area (Å²) in [6.07, 6.45) is 0.0714. The molecule has 0 saturated carbocycles. The second-order valence-corrected chi connectivity index (χ2v) is 5.73. The number of aliphatic carboxylic acids is 1. The van der Waals surface area contributed by atoms with Crippen molar-refractivity contribution >= 4 is 5.97 Å². The fraction of sp³-hybridized carbons (Fsp3) is 0.533. The van der Waals surface area contributed by atoms with Crippen molar-refractivity contribution in [2.45, 2.75) is 39.3 Å². The van der Waals surface area contributed by atoms with Gasteiger partial charge in [-0.05, 0) is 39.0 Å². The second-order valence-electron chi connectivity index (χ2n) is 5.73. The van der Waals surface area contributed by atoms with Crippen LogP contribution >= 0.6 is 0 Å². The molecular formula is C15H23NO4. The van der Waals surface area contributed by atoms with Gasteiger partial charge in [0, 0.05) is 24.2 Å². The van der Waals surface area contributed by atoms with Crippen molar-refractivity contribution in [2.24, 2.45) is 0 Å². The summed E-state index contributed by atoms with van der Waals surface area (Å²) in [4.78, 5) is 12.8. The molecule has 5 heteroatoms. The van der Waals surface area contributed by atoms with Crippen LogP contribution in [0.2, 0.25) is 0 Å². The third-order valence-corrected chi connectivity index (χ3v) is 3.19. The van der Waals surface area contributed by atoms with E-state index in [1.807, 2.05) is 25.7 Å². The number of phenolic OH excluding ortho intramolecular Hbond substituents is 1. The van der Waals surface area contributed by atoms with E-state index in [-0.39, 0.29) is 17.7 Å². The van der Waals surface area contributed by atoms with Gasteiger partial charge >= 0.3 is 5.97 Å². The lowest BCUT2D eigenvalue weighted by Crippen LogP contribution is -2.42. The van der Waals surface area contributed by atoms with Gasteiger partial charge in [0.1, 0.15) is 11.5 Å². The highest BCUT2D eigenvalue weighted by molar-refractivity contribution is 5.66. The molecule has 0 amide bonds. The van der Waals surface area contributed by atoms with Gasteiger partial charge in [0.15, 0.2) is 0 Å². The zero-order valence-corrected chi connectivity index (χ0v) is 12.5. The molecular weight excluding hydrogens is 258 g/mol. The predicted molar refractivity (Wildman–Crippen MR) is 77.1 cm³/mol. The van der Waals surface area contributed by atoms with Crippen LogP contribution in [0.4, 0.5) is 0 Å². The van der Waals surface area contributed by atoms with E-state index in [4.69, 9.17) is 9.84 Å². The molecule has 0 atom stereocenters. The molecule has 112 valence electrons. The topological polar surface area (TPSA) is 70.0 Å². The molecule has 0 radical (unpaired) electrons. The fourth-order valence-electron chi connectivity index (χ4n) is 1.90. The minimum Gasteiger partial charge on any atom is -0.508 e. The van der Waals surface area contributed by atoms with Crippen LogP contribution in [0, 0.1) is 0 Å². The Morgan fingerprint density at radius 3 is 2.50 bits per heavy atom. The van der Waals surface area contributed by atoms with E-state index in [1.165, 1.54) is 0 Å². The van der Waals surface area contributed by atoms with Crippen LogP contribution in [0.15, 0.2) is 18.2 Å². The van der Waals surface area contributed by atoms with Crippen molar-refractivity contribution in [2.75, 3.05) is 13.7 Å². The maximum Gasteiger partial charge on any atom is 0.304 e. The van der Waals surface area contributed by atoms with Gasteiger partial charge in [0.05, 0.1) is 13.5 Å². The summed E-state index contributed by atoms with van der Waals surface area (Å²) in [6, 6.07) is 5.05. The summed E-state index contributed by atoms with van der Waals surface area (Å²) >= 11 is 0. The molecule has 0 unspecified atom stereocenters. The highest BCUT2D eigenvalue weighted by atomic mass is 16.5. The average Bonchev–Trinajstić information content (AvgIpc) is 2.34. The first-order chi connectivity index (χ1) is 9.24. The molecule has 1 aromatic carbocycles. The summed E-state index contributed by atoms with van der Waals surface area (Å²) in [7, 11) is 1.57. The lowest BCUT2D eigenvalue weighted by molar-refractivity contribution is -0.137. The quantitative estimate of drug-likeness (QED) is 0.838. The van der Waals surface area contributed by atoms with Crippen LogP contribution in [0.1, 0.15) is 32.8 Å². The molecule has 1 aromatic rings. The van der Waals surface area contributed by atoms with Gasteiger partial charge in [-0.2, -0.15) is 0 Å². The molecule has 0 aliphatic rings. The highest BCUT2D eigenvalue weighted by Gasteiger charge is 2.23. The van der Waals surface area contributed by atoms with Gasteiger partial charge in [0.2, 0.25) is 0 Å². The third kappa shape index (κ3) is 4.74. The number of hydrogen-bond acceptors (Lipinski definition) is 4. The Bertz CT molecular complexity index is 465. The summed E-state index contributed by atoms with van der Waals surface area (Å²) in [5, 5.41) is 18.8. The van der Waals surface area contributed by atoms with Crippen molar-refractivity contribution in [3.05, 3.63) is 23.8 Å². The van der Waals surface area contributed by atoms with Crippen molar-refractivity contribution in [1.82, 2.24) is 4.90 Å². The first-order valence-corrected chi connectivity index (χ1v) is 6.56. The smallest absolute Gasteiger partial charge is 0.304 e. The first kappa shape index (κ1) is 16.3. The van der Waals surface area contributed by atoms with Crippen molar-refractivity contribution in [3.8, 4) is 11.5 Å². The molecule has 20 heavy (non-hydrogen) atoms. The van der Waals surface area contributed by atoms with E-state index >= 15 is 0 Å². The zero-order valence-electron chi connectivity index (χ0n) is 12.5. The number of carbonyl (C=O) groups is 1. The number of nitrogens with zero attached hydrogens (tertiary/aromatic N) is 1. The average molecular weight is 281 g/mol. The normalized spacial score (nSPS) is 11.7. The monoisotopic (exact) mass is 281 g/mol. The first-order valence-electron chi connectivity index (χ1n) is 6.56. The van der Waals surface area contributed by atoms with E-state index in [9.17, 15) is 9.90 Å². The number of phenols is 1. The maximum atomic E-state index is 10.8. The lowest BCUT2D eigenvalue weighted by Gasteiger charge is -2.35. The summed E-state index contributed by atoms with van der Waals surface area (Å²) in [5.41, 5.74) is 0.537. The molecule has 0 fully saturated rings. The van der Waals surface area contributed by atoms with Crippen LogP contribution in [0.3, 0.4) is 0 Å². The number of methoxy groups -OCH3 is 1. The van der Waals surface area contributed by atoms with E-state index in [0.29, 0.717) is 18.8 Å². The molecule has 1 rings (SSSR count). The summed E-state index contributed by atoms with van der Waals surface area (Å²) in [6.45, 7) is 6.96. The molecule has 0 spiro atoms. The Morgan fingerprint density at radius 1 is 1.35 bits per heavy atom. The molecule has 0 aliphatic heterocycles. The van der Waals surface area contributed by atoms with Crippen LogP contribution in [0.5, 0.6) is 11.5 Å². The minimum atomic E-state index is -0.825. The van der Waals surface area contributed by atoms with Crippen LogP contribution in [-0.2, 0) is 11.3 Å². The van der Waals surface area contributed by atoms with E-state index in [0.717, 1.165) is 5.56 Å². The highest BCUT2D eigenvalue weighted by Crippen LogP contribution is 2.27. The van der Waals surface area contributed by atoms with Gasteiger partial charge in [-0.1, -0.05) is 0 Å². The van der Waals surface area contributed by atoms with Gasteiger partial charge in [0.25, 0.3) is 0 Å². The molecule has 5 nitrogen and oxygen atoms in total. The van der Waals surface area contributed by atoms with Gasteiger partial charge in [-0.25, -0.2) is 0 Å². The number of ether oxygens (including phenoxy) is 1. The van der Waals surface area contributed by atoms with Gasteiger partial charge in [-0.15, -0.1) is 0 Å². The van der Waals surface area contributed by atoms with Crippen molar-refractivity contribution in [3.63, 3.8) is 0 Å². The second kappa shape index (κ2) is 6.61. The Labute approximate surface area is 119 Å². The van der Waals surface area contributed by atoms with Crippen molar-refractivity contribution in [1.29, 1.82) is 0 Å². The number of aromatic hydroxyl groups is 1. The van der Waals surface area contributed by atoms with Crippen LogP contribution < -0.4 is 4.74 Å². The summed E-state index contributed by atoms with van der Waals surface area (Å²) in [5.74, 6) is 0.0365. The molecule has 0 aliphatic carbocycles. The van der Waals surface area contributed by atoms with Crippen LogP contribution in [-0.4, -0.2) is 40.3 Å². The number of benzene rings is 1. The molecule has 0 aromatic heterocycles. The Morgan fingerprint density at radius 2 is 2.00 bits per heavy atom. The number of carboxylic acids is 1. The van der Waals surface area contributed by atoms with Crippen LogP contribution in [0.25, 0.3) is 0 Å². The number of rotatable bonds is 6. The molecule has 0 bridgehead atoms. The van der Waals surface area contributed by atoms with E-state index in [1.54, 1.807) is 25.3 Å². The van der Waals surface area contributed by atoms with E-state index < -0.39 is 5.97 Å². The standard InChI is InChI=1S/C15H23NO4/c1-15(2,3)16(8-7-14(18)19)10-11-9-12(20-4)5-6-13(11)17/h5-6,9,17H,7-8,10H2,1-4H3,(H,18,19). The molecule has 0 saturated heterocycles. The lowest BCUT2D eigenvalue weighted by atomic mass is 10.0. The molecule has 0 heterocycles. The third-order valence-electron chi connectivity index (χ3n) is 3.19. The molecule has 2 N–H and O–H groups in total. The summed E-state index contributed by atoms with van der Waals surface area (Å²) < 4.78 is 5.15. The minimum absolute atomic E-state index is 0.0714. The van der Waals surface area contributed by atoms with Gasteiger partial charge < -0.3 is 14.9 Å².